The van der Waals surface area contributed by atoms with Gasteiger partial charge in [-0.3, -0.25) is 0 Å². The highest BCUT2D eigenvalue weighted by atomic mass is 16.7. The molecule has 3 heteroatoms. The van der Waals surface area contributed by atoms with Crippen molar-refractivity contribution in [3.05, 3.63) is 28.8 Å². The Balaban J connectivity index is 2.66. The largest absolute Gasteiger partial charge is 0.493 e. The summed E-state index contributed by atoms with van der Waals surface area (Å²) in [5.74, 6) is 0.274. The summed E-state index contributed by atoms with van der Waals surface area (Å²) in [5.41, 5.74) is 3.48. The Labute approximate surface area is 128 Å². The molecular formula is C18H28O3. The van der Waals surface area contributed by atoms with E-state index in [1.807, 2.05) is 6.92 Å². The van der Waals surface area contributed by atoms with Crippen LogP contribution >= 0.6 is 0 Å². The molecule has 118 valence electrons. The Hall–Kier alpha value is -1.06. The van der Waals surface area contributed by atoms with E-state index in [0.717, 1.165) is 17.7 Å². The van der Waals surface area contributed by atoms with Crippen molar-refractivity contribution in [2.75, 3.05) is 19.8 Å². The third-order valence-electron chi connectivity index (χ3n) is 3.96. The first-order valence-corrected chi connectivity index (χ1v) is 7.90. The molecule has 21 heavy (non-hydrogen) atoms. The standard InChI is InChI=1S/C18H28O3/c1-7-18(20-9-10-21-18)15-12-13(3)11-14(17(4,5)6)16(15)19-8-2/h11-12H,7-10H2,1-6H3. The number of aryl methyl sites for hydroxylation is 1. The minimum atomic E-state index is -0.656. The lowest BCUT2D eigenvalue weighted by Crippen LogP contribution is -2.28. The molecule has 1 fully saturated rings. The van der Waals surface area contributed by atoms with Crippen molar-refractivity contribution in [3.8, 4) is 5.75 Å². The minimum Gasteiger partial charge on any atom is -0.493 e. The van der Waals surface area contributed by atoms with E-state index in [1.54, 1.807) is 0 Å². The molecule has 3 nitrogen and oxygen atoms in total. The summed E-state index contributed by atoms with van der Waals surface area (Å²) in [6.07, 6.45) is 0.778. The van der Waals surface area contributed by atoms with Crippen molar-refractivity contribution in [3.63, 3.8) is 0 Å². The molecule has 1 heterocycles. The van der Waals surface area contributed by atoms with Crippen LogP contribution in [0.3, 0.4) is 0 Å². The van der Waals surface area contributed by atoms with E-state index < -0.39 is 5.79 Å². The van der Waals surface area contributed by atoms with Gasteiger partial charge in [-0.15, -0.1) is 0 Å². The van der Waals surface area contributed by atoms with Crippen molar-refractivity contribution < 1.29 is 14.2 Å². The second-order valence-electron chi connectivity index (χ2n) is 6.68. The topological polar surface area (TPSA) is 27.7 Å². The van der Waals surface area contributed by atoms with Gasteiger partial charge >= 0.3 is 0 Å². The number of hydrogen-bond acceptors (Lipinski definition) is 3. The Morgan fingerprint density at radius 3 is 2.24 bits per heavy atom. The van der Waals surface area contributed by atoms with Gasteiger partial charge in [0.15, 0.2) is 5.79 Å². The maximum atomic E-state index is 6.03. The van der Waals surface area contributed by atoms with Gasteiger partial charge in [-0.2, -0.15) is 0 Å². The molecule has 2 rings (SSSR count). The van der Waals surface area contributed by atoms with Crippen LogP contribution in [0.5, 0.6) is 5.75 Å². The monoisotopic (exact) mass is 292 g/mol. The van der Waals surface area contributed by atoms with Crippen molar-refractivity contribution in [1.82, 2.24) is 0 Å². The van der Waals surface area contributed by atoms with E-state index in [2.05, 4.69) is 46.8 Å². The molecule has 1 saturated heterocycles. The lowest BCUT2D eigenvalue weighted by atomic mass is 9.82. The summed E-state index contributed by atoms with van der Waals surface area (Å²) in [7, 11) is 0. The van der Waals surface area contributed by atoms with Crippen molar-refractivity contribution in [2.45, 2.75) is 59.2 Å². The first kappa shape index (κ1) is 16.3. The van der Waals surface area contributed by atoms with Gasteiger partial charge in [-0.25, -0.2) is 0 Å². The highest BCUT2D eigenvalue weighted by molar-refractivity contribution is 5.50. The second-order valence-corrected chi connectivity index (χ2v) is 6.68. The maximum Gasteiger partial charge on any atom is 0.198 e. The molecule has 1 aromatic carbocycles. The van der Waals surface area contributed by atoms with Gasteiger partial charge in [0.1, 0.15) is 5.75 Å². The van der Waals surface area contributed by atoms with Crippen LogP contribution in [0, 0.1) is 6.92 Å². The van der Waals surface area contributed by atoms with E-state index in [-0.39, 0.29) is 5.41 Å². The molecule has 0 amide bonds. The van der Waals surface area contributed by atoms with Gasteiger partial charge < -0.3 is 14.2 Å². The molecule has 0 atom stereocenters. The van der Waals surface area contributed by atoms with E-state index >= 15 is 0 Å². The number of hydrogen-bond donors (Lipinski definition) is 0. The van der Waals surface area contributed by atoms with Crippen LogP contribution < -0.4 is 4.74 Å². The fraction of sp³-hybridized carbons (Fsp3) is 0.667. The van der Waals surface area contributed by atoms with E-state index in [4.69, 9.17) is 14.2 Å². The Morgan fingerprint density at radius 1 is 1.14 bits per heavy atom. The summed E-state index contributed by atoms with van der Waals surface area (Å²) in [6, 6.07) is 4.36. The molecule has 0 aromatic heterocycles. The molecule has 0 unspecified atom stereocenters. The van der Waals surface area contributed by atoms with Crippen LogP contribution in [-0.4, -0.2) is 19.8 Å². The van der Waals surface area contributed by atoms with E-state index in [9.17, 15) is 0 Å². The van der Waals surface area contributed by atoms with Crippen LogP contribution in [-0.2, 0) is 20.7 Å². The molecule has 1 aromatic rings. The van der Waals surface area contributed by atoms with Crippen LogP contribution in [0.1, 0.15) is 57.7 Å². The van der Waals surface area contributed by atoms with E-state index in [1.165, 1.54) is 11.1 Å². The fourth-order valence-electron chi connectivity index (χ4n) is 2.92. The van der Waals surface area contributed by atoms with Crippen molar-refractivity contribution >= 4 is 0 Å². The Kier molecular flexibility index (Phi) is 4.64. The smallest absolute Gasteiger partial charge is 0.198 e. The predicted octanol–water partition coefficient (Wildman–Crippen LogP) is 4.30. The van der Waals surface area contributed by atoms with Crippen LogP contribution in [0.4, 0.5) is 0 Å². The molecule has 0 spiro atoms. The first-order valence-electron chi connectivity index (χ1n) is 7.90. The van der Waals surface area contributed by atoms with Gasteiger partial charge in [-0.05, 0) is 25.3 Å². The highest BCUT2D eigenvalue weighted by Gasteiger charge is 2.41. The zero-order chi connectivity index (χ0) is 15.7. The third kappa shape index (κ3) is 3.09. The van der Waals surface area contributed by atoms with Crippen LogP contribution in [0.2, 0.25) is 0 Å². The molecule has 0 N–H and O–H groups in total. The zero-order valence-corrected chi connectivity index (χ0v) is 14.2. The average molecular weight is 292 g/mol. The third-order valence-corrected chi connectivity index (χ3v) is 3.96. The molecule has 0 saturated carbocycles. The number of benzene rings is 1. The summed E-state index contributed by atoms with van der Waals surface area (Å²) < 4.78 is 18.0. The van der Waals surface area contributed by atoms with Gasteiger partial charge in [0.2, 0.25) is 0 Å². The molecule has 1 aliphatic rings. The predicted molar refractivity (Wildman–Crippen MR) is 84.9 cm³/mol. The lowest BCUT2D eigenvalue weighted by Gasteiger charge is -2.32. The van der Waals surface area contributed by atoms with Crippen molar-refractivity contribution in [2.24, 2.45) is 0 Å². The fourth-order valence-corrected chi connectivity index (χ4v) is 2.92. The van der Waals surface area contributed by atoms with Crippen molar-refractivity contribution in [1.29, 1.82) is 0 Å². The normalized spacial score (nSPS) is 18.0. The Bertz CT molecular complexity index is 494. The van der Waals surface area contributed by atoms with Gasteiger partial charge in [0.05, 0.1) is 25.4 Å². The second kappa shape index (κ2) is 5.98. The van der Waals surface area contributed by atoms with Gasteiger partial charge in [-0.1, -0.05) is 39.3 Å². The minimum absolute atomic E-state index is 0.0127. The summed E-state index contributed by atoms with van der Waals surface area (Å²) in [4.78, 5) is 0. The molecule has 0 aliphatic carbocycles. The first-order chi connectivity index (χ1) is 9.84. The number of rotatable bonds is 4. The van der Waals surface area contributed by atoms with E-state index in [0.29, 0.717) is 19.8 Å². The number of ether oxygens (including phenoxy) is 3. The Morgan fingerprint density at radius 2 is 1.76 bits per heavy atom. The highest BCUT2D eigenvalue weighted by Crippen LogP contribution is 2.44. The van der Waals surface area contributed by atoms with Gasteiger partial charge in [0.25, 0.3) is 0 Å². The maximum absolute atomic E-state index is 6.03. The lowest BCUT2D eigenvalue weighted by molar-refractivity contribution is -0.168. The summed E-state index contributed by atoms with van der Waals surface area (Å²) >= 11 is 0. The summed E-state index contributed by atoms with van der Waals surface area (Å²) in [6.45, 7) is 14.8. The SMILES string of the molecule is CCOc1c(C(C)(C)C)cc(C)cc1C1(CC)OCCO1. The average Bonchev–Trinajstić information content (AvgIpc) is 2.89. The molecule has 0 radical (unpaired) electrons. The molecule has 1 aliphatic heterocycles. The zero-order valence-electron chi connectivity index (χ0n) is 14.2. The van der Waals surface area contributed by atoms with Gasteiger partial charge in [0, 0.05) is 12.0 Å². The molecule has 0 bridgehead atoms. The summed E-state index contributed by atoms with van der Waals surface area (Å²) in [5, 5.41) is 0. The van der Waals surface area contributed by atoms with Crippen LogP contribution in [0.15, 0.2) is 12.1 Å². The molecular weight excluding hydrogens is 264 g/mol. The quantitative estimate of drug-likeness (QED) is 0.828. The van der Waals surface area contributed by atoms with Crippen LogP contribution in [0.25, 0.3) is 0 Å².